The third-order valence-corrected chi connectivity index (χ3v) is 4.42. The predicted octanol–water partition coefficient (Wildman–Crippen LogP) is 2.29. The van der Waals surface area contributed by atoms with E-state index < -0.39 is 0 Å². The van der Waals surface area contributed by atoms with E-state index in [-0.39, 0.29) is 5.91 Å². The highest BCUT2D eigenvalue weighted by Crippen LogP contribution is 2.15. The molecule has 0 saturated carbocycles. The molecule has 1 rings (SSSR count). The van der Waals surface area contributed by atoms with Gasteiger partial charge in [0.15, 0.2) is 0 Å². The van der Waals surface area contributed by atoms with E-state index in [1.807, 2.05) is 0 Å². The number of hydrogen-bond acceptors (Lipinski definition) is 3. The third kappa shape index (κ3) is 6.71. The van der Waals surface area contributed by atoms with E-state index in [1.54, 1.807) is 7.11 Å². The summed E-state index contributed by atoms with van der Waals surface area (Å²) in [6.45, 7) is 10.6. The zero-order valence-corrected chi connectivity index (χ0v) is 13.7. The van der Waals surface area contributed by atoms with Crippen LogP contribution < -0.4 is 5.32 Å². The summed E-state index contributed by atoms with van der Waals surface area (Å²) in [6, 6.07) is 0.375. The molecule has 0 aromatic carbocycles. The van der Waals surface area contributed by atoms with Gasteiger partial charge in [0.05, 0.1) is 0 Å². The average Bonchev–Trinajstić information content (AvgIpc) is 2.40. The second-order valence-corrected chi connectivity index (χ2v) is 6.46. The van der Waals surface area contributed by atoms with Crippen molar-refractivity contribution in [3.8, 4) is 0 Å². The number of piperidine rings is 1. The average molecular weight is 284 g/mol. The van der Waals surface area contributed by atoms with Gasteiger partial charge in [0, 0.05) is 45.8 Å². The molecule has 0 aromatic heterocycles. The maximum absolute atomic E-state index is 12.0. The highest BCUT2D eigenvalue weighted by molar-refractivity contribution is 5.76. The van der Waals surface area contributed by atoms with Crippen LogP contribution in [0.2, 0.25) is 0 Å². The first kappa shape index (κ1) is 17.4. The summed E-state index contributed by atoms with van der Waals surface area (Å²) in [5.74, 6) is 1.26. The Kier molecular flexibility index (Phi) is 8.15. The fourth-order valence-electron chi connectivity index (χ4n) is 2.55. The smallest absolute Gasteiger partial charge is 0.220 e. The van der Waals surface area contributed by atoms with Crippen LogP contribution in [0.25, 0.3) is 0 Å². The van der Waals surface area contributed by atoms with Gasteiger partial charge in [0.2, 0.25) is 5.91 Å². The highest BCUT2D eigenvalue weighted by Gasteiger charge is 2.21. The molecular weight excluding hydrogens is 252 g/mol. The molecule has 0 bridgehead atoms. The number of hydrogen-bond donors (Lipinski definition) is 1. The van der Waals surface area contributed by atoms with Crippen LogP contribution in [-0.2, 0) is 9.53 Å². The van der Waals surface area contributed by atoms with E-state index >= 15 is 0 Å². The molecule has 0 aliphatic carbocycles. The topological polar surface area (TPSA) is 41.6 Å². The Morgan fingerprint density at radius 2 is 1.95 bits per heavy atom. The van der Waals surface area contributed by atoms with Gasteiger partial charge < -0.3 is 15.0 Å². The minimum absolute atomic E-state index is 0.226. The third-order valence-electron chi connectivity index (χ3n) is 4.42. The van der Waals surface area contributed by atoms with Gasteiger partial charge in [-0.15, -0.1) is 0 Å². The molecule has 1 saturated heterocycles. The van der Waals surface area contributed by atoms with Crippen LogP contribution in [0.5, 0.6) is 0 Å². The maximum atomic E-state index is 12.0. The van der Waals surface area contributed by atoms with Crippen molar-refractivity contribution in [3.63, 3.8) is 0 Å². The molecule has 0 radical (unpaired) electrons. The Morgan fingerprint density at radius 1 is 1.30 bits per heavy atom. The summed E-state index contributed by atoms with van der Waals surface area (Å²) in [5.41, 5.74) is 0. The summed E-state index contributed by atoms with van der Waals surface area (Å²) in [7, 11) is 1.75. The lowest BCUT2D eigenvalue weighted by molar-refractivity contribution is -0.123. The van der Waals surface area contributed by atoms with Gasteiger partial charge in [0.25, 0.3) is 0 Å². The molecule has 1 aliphatic rings. The van der Waals surface area contributed by atoms with Crippen molar-refractivity contribution in [1.82, 2.24) is 10.2 Å². The van der Waals surface area contributed by atoms with Gasteiger partial charge in [-0.1, -0.05) is 20.8 Å². The molecular formula is C16H32N2O2. The molecule has 1 amide bonds. The lowest BCUT2D eigenvalue weighted by atomic mass is 9.94. The fraction of sp³-hybridized carbons (Fsp3) is 0.938. The summed E-state index contributed by atoms with van der Waals surface area (Å²) < 4.78 is 5.08. The number of carbonyl (C=O) groups excluding carboxylic acids is 1. The van der Waals surface area contributed by atoms with Crippen LogP contribution >= 0.6 is 0 Å². The Labute approximate surface area is 124 Å². The lowest BCUT2D eigenvalue weighted by Crippen LogP contribution is -2.45. The number of amides is 1. The van der Waals surface area contributed by atoms with Crippen molar-refractivity contribution in [3.05, 3.63) is 0 Å². The van der Waals surface area contributed by atoms with E-state index in [0.29, 0.717) is 24.3 Å². The normalized spacial score (nSPS) is 19.2. The number of likely N-dealkylation sites (tertiary alicyclic amines) is 1. The standard InChI is InChI=1S/C16H32N2O2/c1-13(2)14(3)12-16(19)17-15-6-9-18(10-7-15)8-5-11-20-4/h13-15H,5-12H2,1-4H3,(H,17,19)/t14-/m1/s1. The van der Waals surface area contributed by atoms with E-state index in [9.17, 15) is 4.79 Å². The number of rotatable bonds is 8. The molecule has 1 fully saturated rings. The Hall–Kier alpha value is -0.610. The number of ether oxygens (including phenoxy) is 1. The summed E-state index contributed by atoms with van der Waals surface area (Å²) in [4.78, 5) is 14.4. The summed E-state index contributed by atoms with van der Waals surface area (Å²) >= 11 is 0. The van der Waals surface area contributed by atoms with E-state index in [0.717, 1.165) is 45.5 Å². The second kappa shape index (κ2) is 9.35. The van der Waals surface area contributed by atoms with E-state index in [4.69, 9.17) is 4.74 Å². The molecule has 0 aromatic rings. The van der Waals surface area contributed by atoms with Crippen molar-refractivity contribution in [2.45, 2.75) is 52.5 Å². The molecule has 118 valence electrons. The number of methoxy groups -OCH3 is 1. The van der Waals surface area contributed by atoms with E-state index in [1.165, 1.54) is 0 Å². The van der Waals surface area contributed by atoms with Gasteiger partial charge in [0.1, 0.15) is 0 Å². The number of nitrogens with zero attached hydrogens (tertiary/aromatic N) is 1. The van der Waals surface area contributed by atoms with E-state index in [2.05, 4.69) is 31.0 Å². The van der Waals surface area contributed by atoms with Crippen molar-refractivity contribution in [1.29, 1.82) is 0 Å². The Balaban J connectivity index is 2.17. The molecule has 1 atom stereocenters. The molecule has 0 spiro atoms. The predicted molar refractivity (Wildman–Crippen MR) is 82.7 cm³/mol. The van der Waals surface area contributed by atoms with Gasteiger partial charge in [-0.05, 0) is 31.1 Å². The van der Waals surface area contributed by atoms with Crippen molar-refractivity contribution in [2.75, 3.05) is 33.4 Å². The first-order valence-electron chi connectivity index (χ1n) is 8.03. The minimum atomic E-state index is 0.226. The van der Waals surface area contributed by atoms with Crippen LogP contribution in [0.3, 0.4) is 0 Å². The molecule has 1 heterocycles. The zero-order chi connectivity index (χ0) is 15.0. The minimum Gasteiger partial charge on any atom is -0.385 e. The molecule has 1 N–H and O–H groups in total. The number of nitrogens with one attached hydrogen (secondary N) is 1. The zero-order valence-electron chi connectivity index (χ0n) is 13.7. The second-order valence-electron chi connectivity index (χ2n) is 6.46. The first-order valence-corrected chi connectivity index (χ1v) is 8.03. The monoisotopic (exact) mass is 284 g/mol. The van der Waals surface area contributed by atoms with Crippen LogP contribution in [0.15, 0.2) is 0 Å². The van der Waals surface area contributed by atoms with Gasteiger partial charge >= 0.3 is 0 Å². The highest BCUT2D eigenvalue weighted by atomic mass is 16.5. The quantitative estimate of drug-likeness (QED) is 0.695. The van der Waals surface area contributed by atoms with Crippen LogP contribution in [-0.4, -0.2) is 50.2 Å². The molecule has 1 aliphatic heterocycles. The summed E-state index contributed by atoms with van der Waals surface area (Å²) in [5, 5.41) is 3.20. The number of carbonyl (C=O) groups is 1. The van der Waals surface area contributed by atoms with Crippen molar-refractivity contribution < 1.29 is 9.53 Å². The van der Waals surface area contributed by atoms with Gasteiger partial charge in [-0.25, -0.2) is 0 Å². The molecule has 20 heavy (non-hydrogen) atoms. The summed E-state index contributed by atoms with van der Waals surface area (Å²) in [6.07, 6.45) is 3.91. The van der Waals surface area contributed by atoms with Gasteiger partial charge in [-0.3, -0.25) is 4.79 Å². The first-order chi connectivity index (χ1) is 9.52. The molecule has 4 heteroatoms. The van der Waals surface area contributed by atoms with Gasteiger partial charge in [-0.2, -0.15) is 0 Å². The van der Waals surface area contributed by atoms with Crippen molar-refractivity contribution in [2.24, 2.45) is 11.8 Å². The maximum Gasteiger partial charge on any atom is 0.220 e. The van der Waals surface area contributed by atoms with Crippen LogP contribution in [0, 0.1) is 11.8 Å². The van der Waals surface area contributed by atoms with Crippen LogP contribution in [0.4, 0.5) is 0 Å². The fourth-order valence-corrected chi connectivity index (χ4v) is 2.55. The van der Waals surface area contributed by atoms with Crippen molar-refractivity contribution >= 4 is 5.91 Å². The largest absolute Gasteiger partial charge is 0.385 e. The van der Waals surface area contributed by atoms with Crippen LogP contribution in [0.1, 0.15) is 46.5 Å². The molecule has 4 nitrogen and oxygen atoms in total. The Bertz CT molecular complexity index is 274. The SMILES string of the molecule is COCCCN1CCC(NC(=O)C[C@@H](C)C(C)C)CC1. The molecule has 0 unspecified atom stereocenters. The lowest BCUT2D eigenvalue weighted by Gasteiger charge is -2.32. The Morgan fingerprint density at radius 3 is 2.50 bits per heavy atom.